The molecule has 1 aromatic rings. The Labute approximate surface area is 117 Å². The Morgan fingerprint density at radius 2 is 2.28 bits per heavy atom. The summed E-state index contributed by atoms with van der Waals surface area (Å²) in [6.07, 6.45) is 2.36. The van der Waals surface area contributed by atoms with Crippen LogP contribution in [0.15, 0.2) is 12.1 Å². The molecule has 1 rings (SSSR count). The van der Waals surface area contributed by atoms with Gasteiger partial charge in [-0.2, -0.15) is 0 Å². The molecule has 0 saturated carbocycles. The molecular weight excluding hydrogens is 270 g/mol. The van der Waals surface area contributed by atoms with Crippen molar-refractivity contribution in [3.63, 3.8) is 0 Å². The molecule has 2 N–H and O–H groups in total. The van der Waals surface area contributed by atoms with Crippen LogP contribution in [0.25, 0.3) is 0 Å². The van der Waals surface area contributed by atoms with E-state index in [4.69, 9.17) is 11.6 Å². The van der Waals surface area contributed by atoms with Gasteiger partial charge in [-0.25, -0.2) is 0 Å². The number of hydrogen-bond donors (Lipinski definition) is 2. The number of nitrogens with one attached hydrogen (secondary N) is 1. The Morgan fingerprint density at radius 1 is 1.56 bits per heavy atom. The monoisotopic (exact) mass is 289 g/mol. The van der Waals surface area contributed by atoms with Crippen LogP contribution in [-0.4, -0.2) is 17.6 Å². The van der Waals surface area contributed by atoms with Crippen molar-refractivity contribution in [2.75, 3.05) is 6.54 Å². The molecule has 1 aromatic heterocycles. The van der Waals surface area contributed by atoms with Gasteiger partial charge in [-0.1, -0.05) is 38.3 Å². The van der Waals surface area contributed by atoms with Crippen LogP contribution in [0.5, 0.6) is 0 Å². The zero-order valence-corrected chi connectivity index (χ0v) is 12.4. The Kier molecular flexibility index (Phi) is 6.68. The van der Waals surface area contributed by atoms with E-state index in [1.54, 1.807) is 12.1 Å². The van der Waals surface area contributed by atoms with Gasteiger partial charge in [0.15, 0.2) is 0 Å². The molecule has 0 unspecified atom stereocenters. The quantitative estimate of drug-likeness (QED) is 0.808. The second-order valence-corrected chi connectivity index (χ2v) is 6.19. The number of rotatable bonds is 7. The molecule has 18 heavy (non-hydrogen) atoms. The minimum Gasteiger partial charge on any atom is -0.386 e. The Hall–Kier alpha value is -0.580. The highest BCUT2D eigenvalue weighted by Gasteiger charge is 2.15. The summed E-state index contributed by atoms with van der Waals surface area (Å²) in [4.78, 5) is 12.5. The standard InChI is InChI=1S/C13H20ClNO2S/c1-3-4-5-9(2)13(17)15-8-10(16)11-6-7-12(14)18-11/h6-7,9-10,16H,3-5,8H2,1-2H3,(H,15,17)/t9-,10-/m0/s1. The third-order valence-electron chi connectivity index (χ3n) is 2.83. The van der Waals surface area contributed by atoms with Crippen LogP contribution in [0.2, 0.25) is 4.34 Å². The number of hydrogen-bond acceptors (Lipinski definition) is 3. The smallest absolute Gasteiger partial charge is 0.222 e. The van der Waals surface area contributed by atoms with Gasteiger partial charge in [0.2, 0.25) is 5.91 Å². The summed E-state index contributed by atoms with van der Waals surface area (Å²) in [6, 6.07) is 3.53. The van der Waals surface area contributed by atoms with Crippen LogP contribution in [0, 0.1) is 5.92 Å². The summed E-state index contributed by atoms with van der Waals surface area (Å²) in [5.41, 5.74) is 0. The van der Waals surface area contributed by atoms with Crippen molar-refractivity contribution in [1.82, 2.24) is 5.32 Å². The summed E-state index contributed by atoms with van der Waals surface area (Å²) in [5, 5.41) is 12.7. The van der Waals surface area contributed by atoms with Gasteiger partial charge in [0, 0.05) is 17.3 Å². The van der Waals surface area contributed by atoms with Gasteiger partial charge < -0.3 is 10.4 Å². The van der Waals surface area contributed by atoms with Crippen molar-refractivity contribution in [3.05, 3.63) is 21.3 Å². The van der Waals surface area contributed by atoms with Crippen LogP contribution in [0.1, 0.15) is 44.1 Å². The van der Waals surface area contributed by atoms with Crippen molar-refractivity contribution in [1.29, 1.82) is 0 Å². The Balaban J connectivity index is 2.33. The fourth-order valence-corrected chi connectivity index (χ4v) is 2.67. The van der Waals surface area contributed by atoms with Crippen LogP contribution in [0.4, 0.5) is 0 Å². The molecule has 0 saturated heterocycles. The number of halogens is 1. The second kappa shape index (κ2) is 7.77. The van der Waals surface area contributed by atoms with E-state index in [1.165, 1.54) is 11.3 Å². The molecule has 0 fully saturated rings. The molecule has 0 radical (unpaired) electrons. The lowest BCUT2D eigenvalue weighted by Gasteiger charge is -2.14. The van der Waals surface area contributed by atoms with E-state index in [1.807, 2.05) is 6.92 Å². The van der Waals surface area contributed by atoms with Crippen LogP contribution in [-0.2, 0) is 4.79 Å². The van der Waals surface area contributed by atoms with Crippen molar-refractivity contribution in [2.45, 2.75) is 39.2 Å². The molecule has 5 heteroatoms. The van der Waals surface area contributed by atoms with Gasteiger partial charge in [-0.05, 0) is 18.6 Å². The van der Waals surface area contributed by atoms with Crippen LogP contribution < -0.4 is 5.32 Å². The van der Waals surface area contributed by atoms with E-state index in [0.29, 0.717) is 4.34 Å². The van der Waals surface area contributed by atoms with Crippen LogP contribution in [0.3, 0.4) is 0 Å². The summed E-state index contributed by atoms with van der Waals surface area (Å²) in [5.74, 6) is 0.00854. The van der Waals surface area contributed by atoms with E-state index in [-0.39, 0.29) is 18.4 Å². The van der Waals surface area contributed by atoms with Crippen LogP contribution >= 0.6 is 22.9 Å². The summed E-state index contributed by atoms with van der Waals surface area (Å²) >= 11 is 7.13. The molecule has 3 nitrogen and oxygen atoms in total. The molecule has 0 bridgehead atoms. The van der Waals surface area contributed by atoms with Crippen molar-refractivity contribution >= 4 is 28.8 Å². The van der Waals surface area contributed by atoms with E-state index in [2.05, 4.69) is 12.2 Å². The van der Waals surface area contributed by atoms with E-state index >= 15 is 0 Å². The Morgan fingerprint density at radius 3 is 2.83 bits per heavy atom. The number of aliphatic hydroxyl groups excluding tert-OH is 1. The molecule has 0 aliphatic heterocycles. The minimum absolute atomic E-state index is 0.00377. The minimum atomic E-state index is -0.676. The highest BCUT2D eigenvalue weighted by molar-refractivity contribution is 7.16. The van der Waals surface area contributed by atoms with Gasteiger partial charge in [-0.15, -0.1) is 11.3 Å². The largest absolute Gasteiger partial charge is 0.386 e. The number of aliphatic hydroxyl groups is 1. The highest BCUT2D eigenvalue weighted by Crippen LogP contribution is 2.26. The van der Waals surface area contributed by atoms with Crippen molar-refractivity contribution in [3.8, 4) is 0 Å². The van der Waals surface area contributed by atoms with Crippen molar-refractivity contribution in [2.24, 2.45) is 5.92 Å². The third-order valence-corrected chi connectivity index (χ3v) is 4.16. The average Bonchev–Trinajstić information content (AvgIpc) is 2.79. The lowest BCUT2D eigenvalue weighted by atomic mass is 10.0. The van der Waals surface area contributed by atoms with Crippen molar-refractivity contribution < 1.29 is 9.90 Å². The van der Waals surface area contributed by atoms with Gasteiger partial charge in [0.05, 0.1) is 4.34 Å². The lowest BCUT2D eigenvalue weighted by Crippen LogP contribution is -2.32. The molecule has 1 heterocycles. The second-order valence-electron chi connectivity index (χ2n) is 4.45. The molecule has 0 spiro atoms. The molecule has 0 aromatic carbocycles. The molecule has 0 aliphatic rings. The number of thiophene rings is 1. The topological polar surface area (TPSA) is 49.3 Å². The Bertz CT molecular complexity index is 381. The first kappa shape index (κ1) is 15.5. The van der Waals surface area contributed by atoms with Gasteiger partial charge in [0.25, 0.3) is 0 Å². The van der Waals surface area contributed by atoms with E-state index in [0.717, 1.165) is 24.1 Å². The maximum absolute atomic E-state index is 11.7. The number of amides is 1. The van der Waals surface area contributed by atoms with E-state index < -0.39 is 6.10 Å². The maximum Gasteiger partial charge on any atom is 0.222 e. The predicted molar refractivity (Wildman–Crippen MR) is 76.0 cm³/mol. The zero-order chi connectivity index (χ0) is 13.5. The molecule has 102 valence electrons. The molecular formula is C13H20ClNO2S. The fraction of sp³-hybridized carbons (Fsp3) is 0.615. The first-order valence-corrected chi connectivity index (χ1v) is 7.45. The highest BCUT2D eigenvalue weighted by atomic mass is 35.5. The van der Waals surface area contributed by atoms with Gasteiger partial charge in [-0.3, -0.25) is 4.79 Å². The first-order chi connectivity index (χ1) is 8.54. The van der Waals surface area contributed by atoms with E-state index in [9.17, 15) is 9.90 Å². The SMILES string of the molecule is CCCC[C@H](C)C(=O)NC[C@H](O)c1ccc(Cl)s1. The predicted octanol–water partition coefficient (Wildman–Crippen LogP) is 3.38. The number of unbranched alkanes of at least 4 members (excludes halogenated alkanes) is 1. The average molecular weight is 290 g/mol. The zero-order valence-electron chi connectivity index (χ0n) is 10.8. The summed E-state index contributed by atoms with van der Waals surface area (Å²) < 4.78 is 0.645. The van der Waals surface area contributed by atoms with Gasteiger partial charge in [0.1, 0.15) is 6.10 Å². The fourth-order valence-electron chi connectivity index (χ4n) is 1.62. The maximum atomic E-state index is 11.7. The molecule has 0 aliphatic carbocycles. The summed E-state index contributed by atoms with van der Waals surface area (Å²) in [6.45, 7) is 4.26. The summed E-state index contributed by atoms with van der Waals surface area (Å²) in [7, 11) is 0. The third kappa shape index (κ3) is 4.96. The molecule has 1 amide bonds. The number of carbonyl (C=O) groups excluding carboxylic acids is 1. The normalized spacial score (nSPS) is 14.2. The molecule has 2 atom stereocenters. The van der Waals surface area contributed by atoms with Gasteiger partial charge >= 0.3 is 0 Å². The lowest BCUT2D eigenvalue weighted by molar-refractivity contribution is -0.125. The number of carbonyl (C=O) groups is 1. The first-order valence-electron chi connectivity index (χ1n) is 6.25.